The Morgan fingerprint density at radius 3 is 2.60 bits per heavy atom. The van der Waals surface area contributed by atoms with E-state index in [1.54, 1.807) is 11.0 Å². The summed E-state index contributed by atoms with van der Waals surface area (Å²) in [4.78, 5) is 42.3. The third-order valence-electron chi connectivity index (χ3n) is 7.78. The van der Waals surface area contributed by atoms with Crippen LogP contribution in [-0.4, -0.2) is 71.2 Å². The van der Waals surface area contributed by atoms with E-state index in [1.165, 1.54) is 0 Å². The molecule has 0 radical (unpaired) electrons. The van der Waals surface area contributed by atoms with Gasteiger partial charge in [0.2, 0.25) is 0 Å². The molecule has 11 nitrogen and oxygen atoms in total. The number of nitriles is 1. The van der Waals surface area contributed by atoms with Gasteiger partial charge in [-0.1, -0.05) is 41.4 Å². The van der Waals surface area contributed by atoms with Crippen molar-refractivity contribution in [2.24, 2.45) is 0 Å². The molecule has 1 saturated heterocycles. The van der Waals surface area contributed by atoms with E-state index in [1.807, 2.05) is 42.3 Å². The lowest BCUT2D eigenvalue weighted by molar-refractivity contribution is -0.139. The fourth-order valence-electron chi connectivity index (χ4n) is 5.55. The average Bonchev–Trinajstić information content (AvgIpc) is 3.62. The standard InChI is InChI=1S/C29H30Cl2N6O5/c1-16-18-6-2-3-7-22(18)42-25(16)27(39)37-11-8-19-17(14-37)12-20(30)23(24(19)31)26(38)35-21(28(40)41)13-33-29(34-15-32)36-9-4-5-10-36/h2-3,6-7,12,21,29,33-34H,4-5,8-11,13-14H2,1H3,(H,35,38)(H,40,41)/t21-,29?/m0/s1. The van der Waals surface area contributed by atoms with Crippen LogP contribution in [0.15, 0.2) is 34.7 Å². The zero-order valence-corrected chi connectivity index (χ0v) is 24.4. The number of hydrogen-bond donors (Lipinski definition) is 4. The molecule has 3 aromatic rings. The lowest BCUT2D eigenvalue weighted by Gasteiger charge is -2.30. The maximum Gasteiger partial charge on any atom is 0.327 e. The molecule has 0 aliphatic carbocycles. The van der Waals surface area contributed by atoms with E-state index in [0.717, 1.165) is 36.9 Å². The minimum Gasteiger partial charge on any atom is -0.480 e. The minimum atomic E-state index is -1.31. The molecule has 5 rings (SSSR count). The second-order valence-corrected chi connectivity index (χ2v) is 11.2. The number of halogens is 2. The van der Waals surface area contributed by atoms with Gasteiger partial charge >= 0.3 is 5.97 Å². The van der Waals surface area contributed by atoms with Crippen LogP contribution in [0.3, 0.4) is 0 Å². The Labute approximate surface area is 252 Å². The number of hydrogen-bond acceptors (Lipinski definition) is 8. The molecule has 0 bridgehead atoms. The van der Waals surface area contributed by atoms with Gasteiger partial charge in [0.15, 0.2) is 12.0 Å². The normalized spacial score (nSPS) is 16.5. The Balaban J connectivity index is 1.30. The van der Waals surface area contributed by atoms with Crippen molar-refractivity contribution in [2.75, 3.05) is 26.2 Å². The molecule has 2 aliphatic heterocycles. The van der Waals surface area contributed by atoms with Crippen molar-refractivity contribution in [2.45, 2.75) is 45.1 Å². The molecule has 1 fully saturated rings. The van der Waals surface area contributed by atoms with Gasteiger partial charge in [-0.15, -0.1) is 0 Å². The molecule has 2 amide bonds. The molecule has 2 atom stereocenters. The van der Waals surface area contributed by atoms with Crippen molar-refractivity contribution < 1.29 is 23.9 Å². The summed E-state index contributed by atoms with van der Waals surface area (Å²) in [5.41, 5.74) is 2.75. The fourth-order valence-corrected chi connectivity index (χ4v) is 6.31. The number of amides is 2. The second-order valence-electron chi connectivity index (χ2n) is 10.4. The van der Waals surface area contributed by atoms with E-state index in [4.69, 9.17) is 32.9 Å². The molecule has 0 saturated carbocycles. The van der Waals surface area contributed by atoms with Crippen LogP contribution in [0.5, 0.6) is 0 Å². The van der Waals surface area contributed by atoms with Gasteiger partial charge < -0.3 is 19.7 Å². The highest BCUT2D eigenvalue weighted by Gasteiger charge is 2.32. The van der Waals surface area contributed by atoms with Gasteiger partial charge in [-0.25, -0.2) is 4.79 Å². The van der Waals surface area contributed by atoms with Crippen LogP contribution in [0.2, 0.25) is 10.0 Å². The Kier molecular flexibility index (Phi) is 8.89. The Bertz CT molecular complexity index is 1580. The number of fused-ring (bicyclic) bond motifs is 2. The highest BCUT2D eigenvalue weighted by atomic mass is 35.5. The Morgan fingerprint density at radius 2 is 1.90 bits per heavy atom. The molecule has 2 aromatic carbocycles. The number of benzene rings is 2. The molecule has 2 aliphatic rings. The number of carboxylic acid groups (broad SMARTS) is 1. The van der Waals surface area contributed by atoms with Crippen molar-refractivity contribution in [3.8, 4) is 6.19 Å². The van der Waals surface area contributed by atoms with Crippen LogP contribution >= 0.6 is 23.2 Å². The predicted molar refractivity (Wildman–Crippen MR) is 156 cm³/mol. The first kappa shape index (κ1) is 29.7. The predicted octanol–water partition coefficient (Wildman–Crippen LogP) is 3.47. The molecule has 42 heavy (non-hydrogen) atoms. The Hall–Kier alpha value is -3.82. The number of aliphatic carboxylic acids is 1. The molecule has 220 valence electrons. The van der Waals surface area contributed by atoms with Crippen molar-refractivity contribution in [1.82, 2.24) is 25.8 Å². The third kappa shape index (κ3) is 5.89. The quantitative estimate of drug-likeness (QED) is 0.162. The van der Waals surface area contributed by atoms with E-state index in [2.05, 4.69) is 16.0 Å². The number of rotatable bonds is 9. The van der Waals surface area contributed by atoms with Gasteiger partial charge in [0.25, 0.3) is 11.8 Å². The first-order chi connectivity index (χ1) is 20.2. The zero-order chi connectivity index (χ0) is 30.0. The number of nitrogens with one attached hydrogen (secondary N) is 3. The SMILES string of the molecule is Cc1c(C(=O)N2CCc3c(cc(Cl)c(C(=O)N[C@@H](CNC(NC#N)N4CCCC4)C(=O)O)c3Cl)C2)oc2ccccc12. The summed E-state index contributed by atoms with van der Waals surface area (Å²) in [6.07, 6.45) is 3.66. The summed E-state index contributed by atoms with van der Waals surface area (Å²) in [7, 11) is 0. The van der Waals surface area contributed by atoms with Gasteiger partial charge in [0.05, 0.1) is 15.6 Å². The zero-order valence-electron chi connectivity index (χ0n) is 22.9. The van der Waals surface area contributed by atoms with E-state index < -0.39 is 24.2 Å². The van der Waals surface area contributed by atoms with Gasteiger partial charge in [-0.05, 0) is 49.4 Å². The summed E-state index contributed by atoms with van der Waals surface area (Å²) >= 11 is 13.2. The van der Waals surface area contributed by atoms with E-state index in [9.17, 15) is 19.5 Å². The highest BCUT2D eigenvalue weighted by Crippen LogP contribution is 2.35. The minimum absolute atomic E-state index is 0.0255. The fraction of sp³-hybridized carbons (Fsp3) is 0.379. The van der Waals surface area contributed by atoms with Crippen LogP contribution in [-0.2, 0) is 17.8 Å². The van der Waals surface area contributed by atoms with Crippen LogP contribution in [0.25, 0.3) is 11.0 Å². The third-order valence-corrected chi connectivity index (χ3v) is 8.50. The summed E-state index contributed by atoms with van der Waals surface area (Å²) in [5, 5.41) is 28.1. The molecule has 0 spiro atoms. The van der Waals surface area contributed by atoms with Crippen molar-refractivity contribution in [3.05, 3.63) is 68.4 Å². The molecule has 1 unspecified atom stereocenters. The Morgan fingerprint density at radius 1 is 1.17 bits per heavy atom. The number of likely N-dealkylation sites (tertiary alicyclic amines) is 1. The molecule has 4 N–H and O–H groups in total. The number of furan rings is 1. The molecular weight excluding hydrogens is 583 g/mol. The van der Waals surface area contributed by atoms with Gasteiger partial charge in [-0.2, -0.15) is 5.26 Å². The lowest BCUT2D eigenvalue weighted by Crippen LogP contribution is -2.57. The van der Waals surface area contributed by atoms with Crippen molar-refractivity contribution in [3.63, 3.8) is 0 Å². The topological polar surface area (TPSA) is 151 Å². The number of carboxylic acids is 1. The second kappa shape index (κ2) is 12.6. The number of nitrogens with zero attached hydrogens (tertiary/aromatic N) is 3. The number of carbonyl (C=O) groups is 3. The molecule has 1 aromatic heterocycles. The van der Waals surface area contributed by atoms with Crippen LogP contribution in [0, 0.1) is 18.4 Å². The summed E-state index contributed by atoms with van der Waals surface area (Å²) < 4.78 is 5.86. The summed E-state index contributed by atoms with van der Waals surface area (Å²) in [5.74, 6) is -1.96. The van der Waals surface area contributed by atoms with Crippen LogP contribution < -0.4 is 16.0 Å². The van der Waals surface area contributed by atoms with Gasteiger partial charge in [-0.3, -0.25) is 25.1 Å². The first-order valence-corrected chi connectivity index (χ1v) is 14.4. The van der Waals surface area contributed by atoms with E-state index in [-0.39, 0.29) is 40.4 Å². The maximum atomic E-state index is 13.4. The monoisotopic (exact) mass is 612 g/mol. The van der Waals surface area contributed by atoms with E-state index in [0.29, 0.717) is 29.7 Å². The maximum absolute atomic E-state index is 13.4. The van der Waals surface area contributed by atoms with Crippen LogP contribution in [0.1, 0.15) is 50.4 Å². The first-order valence-electron chi connectivity index (χ1n) is 13.6. The molecule has 13 heteroatoms. The van der Waals surface area contributed by atoms with Gasteiger partial charge in [0, 0.05) is 43.7 Å². The molecule has 3 heterocycles. The largest absolute Gasteiger partial charge is 0.480 e. The smallest absolute Gasteiger partial charge is 0.327 e. The number of para-hydroxylation sites is 1. The molecular formula is C29H30Cl2N6O5. The number of aryl methyl sites for hydroxylation is 1. The highest BCUT2D eigenvalue weighted by molar-refractivity contribution is 6.40. The van der Waals surface area contributed by atoms with Crippen LogP contribution in [0.4, 0.5) is 0 Å². The van der Waals surface area contributed by atoms with E-state index >= 15 is 0 Å². The average molecular weight is 614 g/mol. The summed E-state index contributed by atoms with van der Waals surface area (Å²) in [6, 6.07) is 7.74. The number of carbonyl (C=O) groups excluding carboxylic acids is 2. The lowest BCUT2D eigenvalue weighted by atomic mass is 9.96. The van der Waals surface area contributed by atoms with Crippen molar-refractivity contribution >= 4 is 52.0 Å². The van der Waals surface area contributed by atoms with Gasteiger partial charge in [0.1, 0.15) is 17.9 Å². The van der Waals surface area contributed by atoms with Crippen molar-refractivity contribution in [1.29, 1.82) is 5.26 Å². The summed E-state index contributed by atoms with van der Waals surface area (Å²) in [6.45, 7) is 3.79.